The number of methoxy groups -OCH3 is 1. The summed E-state index contributed by atoms with van der Waals surface area (Å²) < 4.78 is 10.8. The molecular weight excluding hydrogens is 272 g/mol. The molecule has 108 valence electrons. The van der Waals surface area contributed by atoms with Gasteiger partial charge < -0.3 is 14.5 Å². The SMILES string of the molecule is CNC(CSc1nc(C)co1)c1cc(C)ccc1OC. The normalized spacial score (nSPS) is 12.4. The van der Waals surface area contributed by atoms with Crippen LogP contribution in [0, 0.1) is 13.8 Å². The lowest BCUT2D eigenvalue weighted by molar-refractivity contribution is 0.404. The van der Waals surface area contributed by atoms with Gasteiger partial charge >= 0.3 is 0 Å². The first-order chi connectivity index (χ1) is 9.63. The number of hydrogen-bond donors (Lipinski definition) is 1. The van der Waals surface area contributed by atoms with E-state index in [0.29, 0.717) is 5.22 Å². The minimum absolute atomic E-state index is 0.182. The van der Waals surface area contributed by atoms with E-state index in [1.807, 2.05) is 20.0 Å². The van der Waals surface area contributed by atoms with Crippen molar-refractivity contribution in [3.8, 4) is 5.75 Å². The van der Waals surface area contributed by atoms with E-state index in [-0.39, 0.29) is 6.04 Å². The van der Waals surface area contributed by atoms with E-state index in [4.69, 9.17) is 9.15 Å². The maximum Gasteiger partial charge on any atom is 0.255 e. The first kappa shape index (κ1) is 14.9. The Morgan fingerprint density at radius 3 is 2.80 bits per heavy atom. The molecule has 1 heterocycles. The Hall–Kier alpha value is -1.46. The lowest BCUT2D eigenvalue weighted by Gasteiger charge is -2.19. The summed E-state index contributed by atoms with van der Waals surface area (Å²) in [6.45, 7) is 4.01. The third kappa shape index (κ3) is 3.55. The van der Waals surface area contributed by atoms with Crippen LogP contribution >= 0.6 is 11.8 Å². The van der Waals surface area contributed by atoms with Crippen molar-refractivity contribution in [2.24, 2.45) is 0 Å². The zero-order chi connectivity index (χ0) is 14.5. The topological polar surface area (TPSA) is 47.3 Å². The van der Waals surface area contributed by atoms with Crippen LogP contribution in [0.4, 0.5) is 0 Å². The van der Waals surface area contributed by atoms with Gasteiger partial charge in [-0.3, -0.25) is 0 Å². The molecule has 0 aliphatic carbocycles. The van der Waals surface area contributed by atoms with Crippen LogP contribution in [0.3, 0.4) is 0 Å². The summed E-state index contributed by atoms with van der Waals surface area (Å²) >= 11 is 1.60. The van der Waals surface area contributed by atoms with E-state index in [9.17, 15) is 0 Å². The number of benzene rings is 1. The standard InChI is InChI=1S/C15H20N2O2S/c1-10-5-6-14(18-4)12(7-10)13(16-3)9-20-15-17-11(2)8-19-15/h5-8,13,16H,9H2,1-4H3. The first-order valence-corrected chi connectivity index (χ1v) is 7.49. The van der Waals surface area contributed by atoms with Crippen molar-refractivity contribution < 1.29 is 9.15 Å². The number of rotatable bonds is 6. The fourth-order valence-electron chi connectivity index (χ4n) is 2.01. The van der Waals surface area contributed by atoms with Crippen molar-refractivity contribution in [2.45, 2.75) is 25.1 Å². The molecule has 0 saturated carbocycles. The van der Waals surface area contributed by atoms with Gasteiger partial charge in [0.1, 0.15) is 12.0 Å². The monoisotopic (exact) mass is 292 g/mol. The largest absolute Gasteiger partial charge is 0.496 e. The summed E-state index contributed by atoms with van der Waals surface area (Å²) in [5.41, 5.74) is 3.28. The van der Waals surface area contributed by atoms with E-state index < -0.39 is 0 Å². The quantitative estimate of drug-likeness (QED) is 0.827. The van der Waals surface area contributed by atoms with E-state index in [0.717, 1.165) is 22.8 Å². The molecule has 0 aliphatic rings. The van der Waals surface area contributed by atoms with Crippen LogP contribution in [0.15, 0.2) is 34.1 Å². The van der Waals surface area contributed by atoms with Crippen molar-refractivity contribution in [3.05, 3.63) is 41.3 Å². The number of thioether (sulfide) groups is 1. The maximum atomic E-state index is 5.45. The molecule has 5 heteroatoms. The Labute approximate surface area is 123 Å². The first-order valence-electron chi connectivity index (χ1n) is 6.50. The third-order valence-corrected chi connectivity index (χ3v) is 4.01. The molecule has 0 amide bonds. The van der Waals surface area contributed by atoms with Crippen LogP contribution in [-0.4, -0.2) is 24.9 Å². The molecule has 1 aromatic carbocycles. The molecule has 0 bridgehead atoms. The van der Waals surface area contributed by atoms with Gasteiger partial charge in [0.05, 0.1) is 12.8 Å². The van der Waals surface area contributed by atoms with Crippen LogP contribution in [-0.2, 0) is 0 Å². The second kappa shape index (κ2) is 6.81. The van der Waals surface area contributed by atoms with Crippen LogP contribution in [0.1, 0.15) is 22.9 Å². The van der Waals surface area contributed by atoms with Gasteiger partial charge in [-0.25, -0.2) is 4.98 Å². The predicted octanol–water partition coefficient (Wildman–Crippen LogP) is 3.35. The Morgan fingerprint density at radius 1 is 1.40 bits per heavy atom. The molecule has 0 saturated heterocycles. The van der Waals surface area contributed by atoms with Crippen molar-refractivity contribution in [3.63, 3.8) is 0 Å². The zero-order valence-corrected chi connectivity index (χ0v) is 13.1. The minimum Gasteiger partial charge on any atom is -0.496 e. The van der Waals surface area contributed by atoms with Crippen molar-refractivity contribution in [1.82, 2.24) is 10.3 Å². The molecule has 0 radical (unpaired) electrons. The summed E-state index contributed by atoms with van der Waals surface area (Å²) in [7, 11) is 3.65. The van der Waals surface area contributed by atoms with Gasteiger partial charge in [0.15, 0.2) is 0 Å². The molecule has 1 atom stereocenters. The Bertz CT molecular complexity index is 569. The van der Waals surface area contributed by atoms with E-state index in [2.05, 4.69) is 29.4 Å². The number of nitrogens with one attached hydrogen (secondary N) is 1. The van der Waals surface area contributed by atoms with Gasteiger partial charge in [0, 0.05) is 17.4 Å². The van der Waals surface area contributed by atoms with Gasteiger partial charge in [-0.1, -0.05) is 29.5 Å². The molecule has 0 spiro atoms. The summed E-state index contributed by atoms with van der Waals surface area (Å²) in [4.78, 5) is 4.31. The fraction of sp³-hybridized carbons (Fsp3) is 0.400. The number of aryl methyl sites for hydroxylation is 2. The maximum absolute atomic E-state index is 5.45. The molecule has 2 aromatic rings. The molecule has 0 fully saturated rings. The van der Waals surface area contributed by atoms with Crippen molar-refractivity contribution in [2.75, 3.05) is 19.9 Å². The molecule has 4 nitrogen and oxygen atoms in total. The number of oxazole rings is 1. The number of aromatic nitrogens is 1. The molecule has 0 aliphatic heterocycles. The van der Waals surface area contributed by atoms with E-state index >= 15 is 0 Å². The molecule has 1 unspecified atom stereocenters. The average Bonchev–Trinajstić information content (AvgIpc) is 2.85. The van der Waals surface area contributed by atoms with Crippen LogP contribution < -0.4 is 10.1 Å². The third-order valence-electron chi connectivity index (χ3n) is 3.08. The number of nitrogens with zero attached hydrogens (tertiary/aromatic N) is 1. The smallest absolute Gasteiger partial charge is 0.255 e. The molecule has 1 aromatic heterocycles. The number of ether oxygens (including phenoxy) is 1. The lowest BCUT2D eigenvalue weighted by Crippen LogP contribution is -2.19. The summed E-state index contributed by atoms with van der Waals surface area (Å²) in [6.07, 6.45) is 1.67. The van der Waals surface area contributed by atoms with Gasteiger partial charge in [-0.05, 0) is 27.0 Å². The van der Waals surface area contributed by atoms with Crippen LogP contribution in [0.25, 0.3) is 0 Å². The summed E-state index contributed by atoms with van der Waals surface area (Å²) in [6, 6.07) is 6.40. The van der Waals surface area contributed by atoms with Gasteiger partial charge in [-0.2, -0.15) is 0 Å². The summed E-state index contributed by atoms with van der Waals surface area (Å²) in [5.74, 6) is 1.73. The minimum atomic E-state index is 0.182. The van der Waals surface area contributed by atoms with Gasteiger partial charge in [0.25, 0.3) is 5.22 Å². The highest BCUT2D eigenvalue weighted by atomic mass is 32.2. The second-order valence-corrected chi connectivity index (χ2v) is 5.62. The Balaban J connectivity index is 2.13. The average molecular weight is 292 g/mol. The van der Waals surface area contributed by atoms with Crippen LogP contribution in [0.5, 0.6) is 5.75 Å². The molecule has 20 heavy (non-hydrogen) atoms. The highest BCUT2D eigenvalue weighted by Crippen LogP contribution is 2.30. The van der Waals surface area contributed by atoms with Crippen molar-refractivity contribution >= 4 is 11.8 Å². The number of hydrogen-bond acceptors (Lipinski definition) is 5. The summed E-state index contributed by atoms with van der Waals surface area (Å²) in [5, 5.41) is 4.03. The Kier molecular flexibility index (Phi) is 5.09. The van der Waals surface area contributed by atoms with E-state index in [1.54, 1.807) is 25.1 Å². The molecule has 1 N–H and O–H groups in total. The molecular formula is C15H20N2O2S. The second-order valence-electron chi connectivity index (χ2n) is 4.65. The van der Waals surface area contributed by atoms with E-state index in [1.165, 1.54) is 5.56 Å². The molecule has 2 rings (SSSR count). The predicted molar refractivity (Wildman–Crippen MR) is 81.5 cm³/mol. The Morgan fingerprint density at radius 2 is 2.20 bits per heavy atom. The lowest BCUT2D eigenvalue weighted by atomic mass is 10.0. The van der Waals surface area contributed by atoms with Gasteiger partial charge in [-0.15, -0.1) is 0 Å². The fourth-order valence-corrected chi connectivity index (χ4v) is 2.99. The van der Waals surface area contributed by atoms with Crippen molar-refractivity contribution in [1.29, 1.82) is 0 Å². The van der Waals surface area contributed by atoms with Crippen LogP contribution in [0.2, 0.25) is 0 Å². The highest BCUT2D eigenvalue weighted by Gasteiger charge is 2.16. The van der Waals surface area contributed by atoms with Gasteiger partial charge in [0.2, 0.25) is 0 Å². The zero-order valence-electron chi connectivity index (χ0n) is 12.3. The highest BCUT2D eigenvalue weighted by molar-refractivity contribution is 7.99.